The molecule has 3 heteroatoms. The molecular formula is C17H24BrNO. The van der Waals surface area contributed by atoms with E-state index in [0.29, 0.717) is 6.04 Å². The van der Waals surface area contributed by atoms with Gasteiger partial charge in [0.2, 0.25) is 0 Å². The molecule has 0 bridgehead atoms. The van der Waals surface area contributed by atoms with Crippen LogP contribution >= 0.6 is 15.9 Å². The van der Waals surface area contributed by atoms with E-state index in [2.05, 4.69) is 65.4 Å². The van der Waals surface area contributed by atoms with Crippen molar-refractivity contribution < 1.29 is 4.74 Å². The summed E-state index contributed by atoms with van der Waals surface area (Å²) in [6.07, 6.45) is 9.29. The number of nitrogens with one attached hydrogen (secondary N) is 1. The van der Waals surface area contributed by atoms with Crippen molar-refractivity contribution in [3.8, 4) is 5.75 Å². The van der Waals surface area contributed by atoms with Crippen molar-refractivity contribution in [2.45, 2.75) is 51.7 Å². The van der Waals surface area contributed by atoms with Crippen molar-refractivity contribution in [2.24, 2.45) is 0 Å². The summed E-state index contributed by atoms with van der Waals surface area (Å²) in [5.41, 5.74) is 1.24. The molecule has 2 rings (SSSR count). The number of ether oxygens (including phenoxy) is 1. The van der Waals surface area contributed by atoms with Crippen LogP contribution in [0.15, 0.2) is 34.8 Å². The van der Waals surface area contributed by atoms with Crippen LogP contribution in [0.5, 0.6) is 5.75 Å². The summed E-state index contributed by atoms with van der Waals surface area (Å²) in [5.74, 6) is 0.993. The van der Waals surface area contributed by atoms with Crippen LogP contribution in [-0.4, -0.2) is 12.6 Å². The minimum atomic E-state index is 0.218. The highest BCUT2D eigenvalue weighted by Crippen LogP contribution is 2.31. The molecule has 2 nitrogen and oxygen atoms in total. The molecule has 0 saturated carbocycles. The Morgan fingerprint density at radius 3 is 3.00 bits per heavy atom. The molecule has 0 fully saturated rings. The highest BCUT2D eigenvalue weighted by atomic mass is 79.9. The van der Waals surface area contributed by atoms with Gasteiger partial charge in [-0.05, 0) is 57.4 Å². The fourth-order valence-electron chi connectivity index (χ4n) is 2.48. The van der Waals surface area contributed by atoms with E-state index >= 15 is 0 Å². The molecule has 0 radical (unpaired) electrons. The molecule has 2 atom stereocenters. The number of allylic oxidation sites excluding steroid dienone is 1. The first-order valence-electron chi connectivity index (χ1n) is 7.57. The number of hydrogen-bond acceptors (Lipinski definition) is 2. The van der Waals surface area contributed by atoms with Crippen LogP contribution in [-0.2, 0) is 0 Å². The van der Waals surface area contributed by atoms with Gasteiger partial charge in [0.25, 0.3) is 0 Å². The maximum absolute atomic E-state index is 6.21. The zero-order chi connectivity index (χ0) is 14.4. The van der Waals surface area contributed by atoms with E-state index in [1.165, 1.54) is 18.4 Å². The maximum Gasteiger partial charge on any atom is 0.126 e. The van der Waals surface area contributed by atoms with Crippen molar-refractivity contribution in [1.82, 2.24) is 5.32 Å². The predicted molar refractivity (Wildman–Crippen MR) is 88.3 cm³/mol. The molecule has 1 N–H and O–H groups in total. The highest BCUT2D eigenvalue weighted by Gasteiger charge is 2.16. The third kappa shape index (κ3) is 4.35. The smallest absolute Gasteiger partial charge is 0.126 e. The molecule has 0 aromatic heterocycles. The Hall–Kier alpha value is -0.800. The molecule has 1 aromatic carbocycles. The Labute approximate surface area is 130 Å². The summed E-state index contributed by atoms with van der Waals surface area (Å²) in [6.45, 7) is 5.41. The fraction of sp³-hybridized carbons (Fsp3) is 0.529. The van der Waals surface area contributed by atoms with Crippen LogP contribution in [0.2, 0.25) is 0 Å². The van der Waals surface area contributed by atoms with Crippen molar-refractivity contribution >= 4 is 15.9 Å². The van der Waals surface area contributed by atoms with E-state index in [9.17, 15) is 0 Å². The van der Waals surface area contributed by atoms with E-state index in [1.807, 2.05) is 0 Å². The third-order valence-electron chi connectivity index (χ3n) is 3.63. The standard InChI is InChI=1S/C17H24BrNO/c1-3-11-19-13(2)16-10-9-14(18)12-17(16)20-15-7-5-4-6-8-15/h5,7,9-10,12-13,15,19H,3-4,6,8,11H2,1-2H3. The van der Waals surface area contributed by atoms with Gasteiger partial charge in [-0.2, -0.15) is 0 Å². The van der Waals surface area contributed by atoms with Gasteiger partial charge < -0.3 is 10.1 Å². The zero-order valence-electron chi connectivity index (χ0n) is 12.4. The second-order valence-corrected chi connectivity index (χ2v) is 6.29. The zero-order valence-corrected chi connectivity index (χ0v) is 13.9. The van der Waals surface area contributed by atoms with E-state index in [0.717, 1.165) is 29.6 Å². The van der Waals surface area contributed by atoms with Gasteiger partial charge in [0.05, 0.1) is 0 Å². The second-order valence-electron chi connectivity index (χ2n) is 5.37. The Morgan fingerprint density at radius 1 is 1.45 bits per heavy atom. The lowest BCUT2D eigenvalue weighted by molar-refractivity contribution is 0.226. The van der Waals surface area contributed by atoms with Gasteiger partial charge in [-0.15, -0.1) is 0 Å². The Bertz CT molecular complexity index is 458. The summed E-state index contributed by atoms with van der Waals surface area (Å²) in [6, 6.07) is 6.63. The largest absolute Gasteiger partial charge is 0.486 e. The van der Waals surface area contributed by atoms with Gasteiger partial charge >= 0.3 is 0 Å². The first kappa shape index (κ1) is 15.6. The summed E-state index contributed by atoms with van der Waals surface area (Å²) in [7, 11) is 0. The van der Waals surface area contributed by atoms with Crippen LogP contribution in [0.3, 0.4) is 0 Å². The number of hydrogen-bond donors (Lipinski definition) is 1. The summed E-state index contributed by atoms with van der Waals surface area (Å²) in [5, 5.41) is 3.53. The summed E-state index contributed by atoms with van der Waals surface area (Å²) in [4.78, 5) is 0. The molecule has 0 heterocycles. The lowest BCUT2D eigenvalue weighted by atomic mass is 10.0. The average Bonchev–Trinajstić information content (AvgIpc) is 2.46. The highest BCUT2D eigenvalue weighted by molar-refractivity contribution is 9.10. The molecular weight excluding hydrogens is 314 g/mol. The normalized spacial score (nSPS) is 19.9. The average molecular weight is 338 g/mol. The van der Waals surface area contributed by atoms with E-state index in [1.54, 1.807) is 0 Å². The van der Waals surface area contributed by atoms with Gasteiger partial charge in [-0.1, -0.05) is 35.0 Å². The number of rotatable bonds is 6. The molecule has 0 spiro atoms. The van der Waals surface area contributed by atoms with E-state index in [-0.39, 0.29) is 6.10 Å². The SMILES string of the molecule is CCCNC(C)c1ccc(Br)cc1OC1C=CCCC1. The second kappa shape index (κ2) is 7.84. The first-order valence-corrected chi connectivity index (χ1v) is 8.36. The van der Waals surface area contributed by atoms with Crippen LogP contribution in [0.1, 0.15) is 51.1 Å². The molecule has 1 aliphatic carbocycles. The predicted octanol–water partition coefficient (Wildman–Crippen LogP) is 5.00. The number of benzene rings is 1. The van der Waals surface area contributed by atoms with Crippen LogP contribution in [0.4, 0.5) is 0 Å². The van der Waals surface area contributed by atoms with Crippen molar-refractivity contribution in [3.05, 3.63) is 40.4 Å². The molecule has 0 amide bonds. The first-order chi connectivity index (χ1) is 9.70. The molecule has 20 heavy (non-hydrogen) atoms. The van der Waals surface area contributed by atoms with Crippen LogP contribution < -0.4 is 10.1 Å². The van der Waals surface area contributed by atoms with Gasteiger partial charge in [-0.3, -0.25) is 0 Å². The van der Waals surface area contributed by atoms with E-state index in [4.69, 9.17) is 4.74 Å². The molecule has 1 aromatic rings. The Morgan fingerprint density at radius 2 is 2.30 bits per heavy atom. The number of halogens is 1. The summed E-state index contributed by atoms with van der Waals surface area (Å²) >= 11 is 3.54. The molecule has 2 unspecified atom stereocenters. The van der Waals surface area contributed by atoms with Gasteiger partial charge in [0.1, 0.15) is 11.9 Å². The van der Waals surface area contributed by atoms with Crippen LogP contribution in [0, 0.1) is 0 Å². The van der Waals surface area contributed by atoms with Gasteiger partial charge in [-0.25, -0.2) is 0 Å². The quantitative estimate of drug-likeness (QED) is 0.737. The lowest BCUT2D eigenvalue weighted by Crippen LogP contribution is -2.22. The Kier molecular flexibility index (Phi) is 6.11. The summed E-state index contributed by atoms with van der Waals surface area (Å²) < 4.78 is 7.28. The topological polar surface area (TPSA) is 21.3 Å². The molecule has 110 valence electrons. The third-order valence-corrected chi connectivity index (χ3v) is 4.12. The fourth-order valence-corrected chi connectivity index (χ4v) is 2.82. The monoisotopic (exact) mass is 337 g/mol. The lowest BCUT2D eigenvalue weighted by Gasteiger charge is -2.23. The van der Waals surface area contributed by atoms with E-state index < -0.39 is 0 Å². The van der Waals surface area contributed by atoms with Gasteiger partial charge in [0.15, 0.2) is 0 Å². The Balaban J connectivity index is 2.14. The molecule has 0 saturated heterocycles. The molecule has 0 aliphatic heterocycles. The van der Waals surface area contributed by atoms with Crippen LogP contribution in [0.25, 0.3) is 0 Å². The van der Waals surface area contributed by atoms with Gasteiger partial charge in [0, 0.05) is 16.1 Å². The van der Waals surface area contributed by atoms with Crippen molar-refractivity contribution in [2.75, 3.05) is 6.54 Å². The molecule has 1 aliphatic rings. The maximum atomic E-state index is 6.21. The van der Waals surface area contributed by atoms with Crippen molar-refractivity contribution in [3.63, 3.8) is 0 Å². The van der Waals surface area contributed by atoms with Crippen molar-refractivity contribution in [1.29, 1.82) is 0 Å². The minimum Gasteiger partial charge on any atom is -0.486 e. The minimum absolute atomic E-state index is 0.218.